The van der Waals surface area contributed by atoms with Crippen molar-refractivity contribution in [2.75, 3.05) is 0 Å². The molecule has 4 rings (SSSR count). The lowest BCUT2D eigenvalue weighted by Crippen LogP contribution is -2.65. The highest BCUT2D eigenvalue weighted by Gasteiger charge is 2.54. The van der Waals surface area contributed by atoms with Crippen molar-refractivity contribution in [2.45, 2.75) is 195 Å². The van der Waals surface area contributed by atoms with E-state index in [1.54, 1.807) is 0 Å². The van der Waals surface area contributed by atoms with Crippen molar-refractivity contribution >= 4 is 35.3 Å². The quantitative estimate of drug-likeness (QED) is 0.156. The molecule has 2 N–H and O–H groups in total. The summed E-state index contributed by atoms with van der Waals surface area (Å²) in [4.78, 5) is 24.2. The van der Waals surface area contributed by atoms with Gasteiger partial charge in [-0.1, -0.05) is 174 Å². The van der Waals surface area contributed by atoms with Gasteiger partial charge in [-0.2, -0.15) is 0 Å². The Morgan fingerprint density at radius 2 is 1.32 bits per heavy atom. The minimum absolute atomic E-state index is 0.0344. The van der Waals surface area contributed by atoms with E-state index in [-0.39, 0.29) is 32.0 Å². The zero-order chi connectivity index (χ0) is 44.5. The average Bonchev–Trinajstić information content (AvgIpc) is 3.36. The molecule has 2 aliphatic carbocycles. The summed E-state index contributed by atoms with van der Waals surface area (Å²) in [6.07, 6.45) is 17.9. The number of rotatable bonds is 17. The molecule has 0 aromatic heterocycles. The number of hydrogen-bond donors (Lipinski definition) is 2. The lowest BCUT2D eigenvalue weighted by atomic mass is 9.59. The molecule has 0 spiro atoms. The van der Waals surface area contributed by atoms with Crippen LogP contribution in [0.5, 0.6) is 0 Å². The third kappa shape index (κ3) is 11.2. The van der Waals surface area contributed by atoms with Crippen molar-refractivity contribution in [3.05, 3.63) is 84.5 Å². The standard InChI is InChI=1S/C53H90O3Si3/c1-40(2)44(39-51(9,10)59(55,47-27-20-18-21-28-47)48-29-22-19-23-30-48)32-31-41(3)53(13)34-33-45(52(53,11)12)26-24-25-42-35-43(38-50(7,8)57(14,15)54)37-46(36-42)56-58(16,17)49(4,5)6/h18-30,40-41,43-46,54-55H,31-39H2,1-17H3/b26-24+,42-25+/t41-,43+,44-,45+,46+,53+/m0/s1. The molecule has 2 aliphatic rings. The first-order chi connectivity index (χ1) is 27.0. The van der Waals surface area contributed by atoms with Gasteiger partial charge in [-0.25, -0.2) is 0 Å². The van der Waals surface area contributed by atoms with Crippen LogP contribution < -0.4 is 10.4 Å². The minimum Gasteiger partial charge on any atom is -0.432 e. The van der Waals surface area contributed by atoms with E-state index < -0.39 is 25.0 Å². The predicted octanol–water partition coefficient (Wildman–Crippen LogP) is 14.1. The maximum Gasteiger partial charge on any atom is 0.258 e. The second-order valence-corrected chi connectivity index (χ2v) is 37.3. The fourth-order valence-corrected chi connectivity index (χ4v) is 16.9. The fraction of sp³-hybridized carbons (Fsp3) is 0.698. The van der Waals surface area contributed by atoms with Crippen molar-refractivity contribution in [1.29, 1.82) is 0 Å². The summed E-state index contributed by atoms with van der Waals surface area (Å²) >= 11 is 0. The van der Waals surface area contributed by atoms with Gasteiger partial charge in [0, 0.05) is 6.10 Å². The second kappa shape index (κ2) is 18.7. The molecule has 332 valence electrons. The molecule has 2 aromatic carbocycles. The SMILES string of the molecule is CC(C)[C@@H](CC[C@H](C)[C@@]1(C)CC[C@@H](/C=C/C=C2\C[C@@H](CC(C)(C)[Si](C)(C)O)C[C@H](O[Si](C)(C)C(C)(C)C)C2)C1(C)C)CC(C)(C)[Si](O)(c1ccccc1)c1ccccc1. The van der Waals surface area contributed by atoms with E-state index in [0.29, 0.717) is 29.6 Å². The van der Waals surface area contributed by atoms with Gasteiger partial charge in [-0.15, -0.1) is 0 Å². The number of benzene rings is 2. The summed E-state index contributed by atoms with van der Waals surface area (Å²) in [5.41, 5.74) is 1.96. The van der Waals surface area contributed by atoms with Gasteiger partial charge in [0.1, 0.15) is 0 Å². The Morgan fingerprint density at radius 1 is 0.780 bits per heavy atom. The van der Waals surface area contributed by atoms with E-state index >= 15 is 0 Å². The van der Waals surface area contributed by atoms with Crippen LogP contribution in [0.3, 0.4) is 0 Å². The summed E-state index contributed by atoms with van der Waals surface area (Å²) in [6, 6.07) is 21.1. The molecular formula is C53H90O3Si3. The molecule has 59 heavy (non-hydrogen) atoms. The summed E-state index contributed by atoms with van der Waals surface area (Å²) < 4.78 is 7.12. The van der Waals surface area contributed by atoms with Gasteiger partial charge < -0.3 is 14.0 Å². The molecule has 2 aromatic rings. The van der Waals surface area contributed by atoms with Gasteiger partial charge in [-0.3, -0.25) is 0 Å². The smallest absolute Gasteiger partial charge is 0.258 e. The van der Waals surface area contributed by atoms with Crippen molar-refractivity contribution in [2.24, 2.45) is 40.4 Å². The first-order valence-electron chi connectivity index (χ1n) is 23.6. The molecule has 6 heteroatoms. The van der Waals surface area contributed by atoms with Gasteiger partial charge in [0.2, 0.25) is 0 Å². The van der Waals surface area contributed by atoms with Crippen LogP contribution in [0.4, 0.5) is 0 Å². The highest BCUT2D eigenvalue weighted by atomic mass is 28.4. The molecule has 0 heterocycles. The van der Waals surface area contributed by atoms with E-state index in [1.807, 2.05) is 0 Å². The average molecular weight is 860 g/mol. The largest absolute Gasteiger partial charge is 0.432 e. The van der Waals surface area contributed by atoms with Gasteiger partial charge in [0.15, 0.2) is 16.6 Å². The molecule has 0 amide bonds. The van der Waals surface area contributed by atoms with Gasteiger partial charge in [0.05, 0.1) is 0 Å². The Morgan fingerprint density at radius 3 is 1.81 bits per heavy atom. The van der Waals surface area contributed by atoms with E-state index in [1.165, 1.54) is 31.3 Å². The Balaban J connectivity index is 1.49. The number of hydrogen-bond acceptors (Lipinski definition) is 3. The van der Waals surface area contributed by atoms with Crippen LogP contribution in [0.2, 0.25) is 41.3 Å². The highest BCUT2D eigenvalue weighted by molar-refractivity contribution is 6.98. The lowest BCUT2D eigenvalue weighted by molar-refractivity contribution is 0.0364. The van der Waals surface area contributed by atoms with Crippen LogP contribution in [0.15, 0.2) is 84.5 Å². The fourth-order valence-electron chi connectivity index (χ4n) is 10.9. The topological polar surface area (TPSA) is 49.7 Å². The van der Waals surface area contributed by atoms with Crippen molar-refractivity contribution in [1.82, 2.24) is 0 Å². The molecule has 3 nitrogen and oxygen atoms in total. The van der Waals surface area contributed by atoms with E-state index in [4.69, 9.17) is 4.43 Å². The molecule has 0 unspecified atom stereocenters. The van der Waals surface area contributed by atoms with Gasteiger partial charge >= 0.3 is 0 Å². The van der Waals surface area contributed by atoms with Crippen LogP contribution in [0.1, 0.15) is 148 Å². The van der Waals surface area contributed by atoms with E-state index in [9.17, 15) is 9.59 Å². The lowest BCUT2D eigenvalue weighted by Gasteiger charge is -2.47. The first-order valence-corrected chi connectivity index (χ1v) is 31.4. The van der Waals surface area contributed by atoms with E-state index in [0.717, 1.165) is 42.5 Å². The summed E-state index contributed by atoms with van der Waals surface area (Å²) in [5, 5.41) is 2.14. The van der Waals surface area contributed by atoms with Crippen molar-refractivity contribution < 1.29 is 14.0 Å². The Hall–Kier alpha value is -1.55. The molecule has 0 bridgehead atoms. The zero-order valence-electron chi connectivity index (χ0n) is 41.1. The molecule has 2 fully saturated rings. The third-order valence-electron chi connectivity index (χ3n) is 17.5. The van der Waals surface area contributed by atoms with Gasteiger partial charge in [-0.05, 0) is 150 Å². The Bertz CT molecular complexity index is 1620. The van der Waals surface area contributed by atoms with Crippen LogP contribution in [0.25, 0.3) is 0 Å². The van der Waals surface area contributed by atoms with E-state index in [2.05, 4.69) is 195 Å². The zero-order valence-corrected chi connectivity index (χ0v) is 44.1. The molecule has 0 radical (unpaired) electrons. The first kappa shape index (κ1) is 50.1. The molecule has 6 atom stereocenters. The Kier molecular flexibility index (Phi) is 15.8. The maximum atomic E-state index is 12.9. The molecule has 2 saturated carbocycles. The minimum atomic E-state index is -3.06. The third-order valence-corrected chi connectivity index (χ3v) is 30.1. The summed E-state index contributed by atoms with van der Waals surface area (Å²) in [5.74, 6) is 2.77. The summed E-state index contributed by atoms with van der Waals surface area (Å²) in [6.45, 7) is 40.4. The summed E-state index contributed by atoms with van der Waals surface area (Å²) in [7, 11) is -7.28. The van der Waals surface area contributed by atoms with Crippen LogP contribution in [-0.4, -0.2) is 40.6 Å². The molecule has 0 saturated heterocycles. The Labute approximate surface area is 367 Å². The van der Waals surface area contributed by atoms with Crippen molar-refractivity contribution in [3.8, 4) is 0 Å². The van der Waals surface area contributed by atoms with Crippen LogP contribution in [-0.2, 0) is 4.43 Å². The second-order valence-electron chi connectivity index (χ2n) is 24.2. The maximum absolute atomic E-state index is 12.9. The normalized spacial score (nSPS) is 25.6. The molecule has 0 aliphatic heterocycles. The predicted molar refractivity (Wildman–Crippen MR) is 265 cm³/mol. The highest BCUT2D eigenvalue weighted by Crippen LogP contribution is 2.61. The number of allylic oxidation sites excluding steroid dienone is 3. The molecular weight excluding hydrogens is 769 g/mol. The van der Waals surface area contributed by atoms with Gasteiger partial charge in [0.25, 0.3) is 8.32 Å². The monoisotopic (exact) mass is 859 g/mol. The van der Waals surface area contributed by atoms with Crippen molar-refractivity contribution in [3.63, 3.8) is 0 Å². The van der Waals surface area contributed by atoms with Crippen LogP contribution >= 0.6 is 0 Å². The van der Waals surface area contributed by atoms with Crippen LogP contribution in [0, 0.1) is 40.4 Å².